The SMILES string of the molecule is Cl.N[C@@H](CCCO)c1cccc(OC(F)(F)F)c1. The number of hydrogen-bond acceptors (Lipinski definition) is 3. The zero-order valence-electron chi connectivity index (χ0n) is 9.48. The minimum absolute atomic E-state index is 0. The summed E-state index contributed by atoms with van der Waals surface area (Å²) in [6, 6.07) is 5.16. The Bertz CT molecular complexity index is 360. The van der Waals surface area contributed by atoms with Gasteiger partial charge in [-0.2, -0.15) is 0 Å². The molecule has 0 amide bonds. The zero-order chi connectivity index (χ0) is 12.9. The zero-order valence-corrected chi connectivity index (χ0v) is 10.3. The molecule has 0 radical (unpaired) electrons. The van der Waals surface area contributed by atoms with Crippen LogP contribution >= 0.6 is 12.4 Å². The van der Waals surface area contributed by atoms with Gasteiger partial charge in [-0.15, -0.1) is 25.6 Å². The molecule has 0 aromatic heterocycles. The van der Waals surface area contributed by atoms with Crippen LogP contribution in [0.15, 0.2) is 24.3 Å². The van der Waals surface area contributed by atoms with E-state index in [9.17, 15) is 13.2 Å². The number of nitrogens with two attached hydrogens (primary N) is 1. The van der Waals surface area contributed by atoms with Gasteiger partial charge in [0.1, 0.15) is 5.75 Å². The maximum absolute atomic E-state index is 12.0. The van der Waals surface area contributed by atoms with Gasteiger partial charge < -0.3 is 15.6 Å². The molecule has 18 heavy (non-hydrogen) atoms. The molecule has 7 heteroatoms. The molecule has 0 bridgehead atoms. The molecular weight excluding hydrogens is 271 g/mol. The summed E-state index contributed by atoms with van der Waals surface area (Å²) >= 11 is 0. The summed E-state index contributed by atoms with van der Waals surface area (Å²) in [6.45, 7) is 0.00639. The molecule has 0 aliphatic rings. The Balaban J connectivity index is 0.00000289. The van der Waals surface area contributed by atoms with E-state index in [0.717, 1.165) is 0 Å². The Morgan fingerprint density at radius 2 is 2.00 bits per heavy atom. The van der Waals surface area contributed by atoms with Crippen molar-refractivity contribution in [3.8, 4) is 5.75 Å². The Morgan fingerprint density at radius 3 is 2.56 bits per heavy atom. The molecule has 0 aliphatic carbocycles. The van der Waals surface area contributed by atoms with Crippen LogP contribution < -0.4 is 10.5 Å². The van der Waals surface area contributed by atoms with Crippen molar-refractivity contribution in [3.63, 3.8) is 0 Å². The number of rotatable bonds is 5. The van der Waals surface area contributed by atoms with E-state index in [-0.39, 0.29) is 24.8 Å². The first-order valence-corrected chi connectivity index (χ1v) is 5.14. The van der Waals surface area contributed by atoms with Gasteiger partial charge in [0.15, 0.2) is 0 Å². The van der Waals surface area contributed by atoms with Crippen LogP contribution in [0.3, 0.4) is 0 Å². The van der Waals surface area contributed by atoms with Crippen LogP contribution in [-0.4, -0.2) is 18.1 Å². The highest BCUT2D eigenvalue weighted by Crippen LogP contribution is 2.26. The van der Waals surface area contributed by atoms with Crippen molar-refractivity contribution in [3.05, 3.63) is 29.8 Å². The van der Waals surface area contributed by atoms with Crippen LogP contribution in [0.1, 0.15) is 24.4 Å². The van der Waals surface area contributed by atoms with Gasteiger partial charge in [-0.1, -0.05) is 12.1 Å². The van der Waals surface area contributed by atoms with E-state index in [1.54, 1.807) is 6.07 Å². The highest BCUT2D eigenvalue weighted by molar-refractivity contribution is 5.85. The predicted molar refractivity (Wildman–Crippen MR) is 63.6 cm³/mol. The largest absolute Gasteiger partial charge is 0.573 e. The predicted octanol–water partition coefficient (Wildman–Crippen LogP) is 2.78. The molecule has 1 aromatic carbocycles. The van der Waals surface area contributed by atoms with Gasteiger partial charge in [-0.25, -0.2) is 0 Å². The third-order valence-corrected chi connectivity index (χ3v) is 2.19. The molecule has 0 saturated carbocycles. The quantitative estimate of drug-likeness (QED) is 0.875. The van der Waals surface area contributed by atoms with E-state index in [1.807, 2.05) is 0 Å². The number of hydrogen-bond donors (Lipinski definition) is 2. The first kappa shape index (κ1) is 17.0. The standard InChI is InChI=1S/C11H14F3NO2.ClH/c12-11(13,14)17-9-4-1-3-8(7-9)10(15)5-2-6-16;/h1,3-4,7,10,16H,2,5-6,15H2;1H/t10-;/m0./s1. The van der Waals surface area contributed by atoms with Gasteiger partial charge in [0.2, 0.25) is 0 Å². The first-order chi connectivity index (χ1) is 7.92. The third-order valence-electron chi connectivity index (χ3n) is 2.19. The van der Waals surface area contributed by atoms with Crippen molar-refractivity contribution in [2.75, 3.05) is 6.61 Å². The molecule has 3 nitrogen and oxygen atoms in total. The monoisotopic (exact) mass is 285 g/mol. The smallest absolute Gasteiger partial charge is 0.406 e. The highest BCUT2D eigenvalue weighted by atomic mass is 35.5. The average Bonchev–Trinajstić information content (AvgIpc) is 2.24. The molecular formula is C11H15ClF3NO2. The van der Waals surface area contributed by atoms with Gasteiger partial charge in [-0.3, -0.25) is 0 Å². The highest BCUT2D eigenvalue weighted by Gasteiger charge is 2.31. The van der Waals surface area contributed by atoms with E-state index in [1.165, 1.54) is 18.2 Å². The van der Waals surface area contributed by atoms with Gasteiger partial charge in [0.05, 0.1) is 0 Å². The minimum atomic E-state index is -4.70. The molecule has 0 aliphatic heterocycles. The van der Waals surface area contributed by atoms with E-state index in [2.05, 4.69) is 4.74 Å². The number of halogens is 4. The number of aliphatic hydroxyl groups is 1. The van der Waals surface area contributed by atoms with Crippen molar-refractivity contribution in [1.82, 2.24) is 0 Å². The van der Waals surface area contributed by atoms with Crippen molar-refractivity contribution in [2.45, 2.75) is 25.2 Å². The van der Waals surface area contributed by atoms with Gasteiger partial charge in [0, 0.05) is 12.6 Å². The summed E-state index contributed by atoms with van der Waals surface area (Å²) < 4.78 is 39.8. The summed E-state index contributed by atoms with van der Waals surface area (Å²) in [4.78, 5) is 0. The van der Waals surface area contributed by atoms with Crippen LogP contribution in [0, 0.1) is 0 Å². The number of aliphatic hydroxyl groups excluding tert-OH is 1. The molecule has 0 fully saturated rings. The molecule has 1 aromatic rings. The second-order valence-electron chi connectivity index (χ2n) is 3.59. The van der Waals surface area contributed by atoms with E-state index in [4.69, 9.17) is 10.8 Å². The lowest BCUT2D eigenvalue weighted by molar-refractivity contribution is -0.274. The van der Waals surface area contributed by atoms with Crippen molar-refractivity contribution in [2.24, 2.45) is 5.73 Å². The van der Waals surface area contributed by atoms with Crippen LogP contribution in [0.5, 0.6) is 5.75 Å². The van der Waals surface area contributed by atoms with Crippen molar-refractivity contribution in [1.29, 1.82) is 0 Å². The summed E-state index contributed by atoms with van der Waals surface area (Å²) in [6.07, 6.45) is -3.69. The summed E-state index contributed by atoms with van der Waals surface area (Å²) in [5.41, 5.74) is 6.32. The second kappa shape index (κ2) is 7.45. The Hall–Kier alpha value is -0.980. The lowest BCUT2D eigenvalue weighted by Gasteiger charge is -2.14. The first-order valence-electron chi connectivity index (χ1n) is 5.14. The van der Waals surface area contributed by atoms with Crippen molar-refractivity contribution >= 4 is 12.4 Å². The molecule has 104 valence electrons. The van der Waals surface area contributed by atoms with Crippen LogP contribution in [0.2, 0.25) is 0 Å². The molecule has 0 unspecified atom stereocenters. The lowest BCUT2D eigenvalue weighted by atomic mass is 10.0. The Labute approximate surface area is 109 Å². The maximum Gasteiger partial charge on any atom is 0.573 e. The fourth-order valence-corrected chi connectivity index (χ4v) is 1.42. The molecule has 0 heterocycles. The fourth-order valence-electron chi connectivity index (χ4n) is 1.42. The van der Waals surface area contributed by atoms with E-state index >= 15 is 0 Å². The van der Waals surface area contributed by atoms with Crippen LogP contribution in [-0.2, 0) is 0 Å². The molecule has 1 rings (SSSR count). The molecule has 0 spiro atoms. The Morgan fingerprint density at radius 1 is 1.33 bits per heavy atom. The van der Waals surface area contributed by atoms with Gasteiger partial charge >= 0.3 is 6.36 Å². The summed E-state index contributed by atoms with van der Waals surface area (Å²) in [5, 5.41) is 8.64. The van der Waals surface area contributed by atoms with Gasteiger partial charge in [-0.05, 0) is 30.5 Å². The second-order valence-corrected chi connectivity index (χ2v) is 3.59. The maximum atomic E-state index is 12.0. The third kappa shape index (κ3) is 6.09. The topological polar surface area (TPSA) is 55.5 Å². The lowest BCUT2D eigenvalue weighted by Crippen LogP contribution is -2.17. The number of ether oxygens (including phenoxy) is 1. The Kier molecular flexibility index (Phi) is 7.05. The normalized spacial score (nSPS) is 12.7. The van der Waals surface area contributed by atoms with Crippen LogP contribution in [0.25, 0.3) is 0 Å². The summed E-state index contributed by atoms with van der Waals surface area (Å²) in [7, 11) is 0. The minimum Gasteiger partial charge on any atom is -0.406 e. The van der Waals surface area contributed by atoms with E-state index in [0.29, 0.717) is 18.4 Å². The number of benzene rings is 1. The molecule has 0 saturated heterocycles. The average molecular weight is 286 g/mol. The van der Waals surface area contributed by atoms with Gasteiger partial charge in [0.25, 0.3) is 0 Å². The fraction of sp³-hybridized carbons (Fsp3) is 0.455. The summed E-state index contributed by atoms with van der Waals surface area (Å²) in [5.74, 6) is -0.283. The van der Waals surface area contributed by atoms with Crippen LogP contribution in [0.4, 0.5) is 13.2 Å². The van der Waals surface area contributed by atoms with E-state index < -0.39 is 12.4 Å². The molecule has 3 N–H and O–H groups in total. The number of alkyl halides is 3. The molecule has 1 atom stereocenters. The van der Waals surface area contributed by atoms with Crippen molar-refractivity contribution < 1.29 is 23.0 Å².